The Hall–Kier alpha value is -3.38. The zero-order valence-corrected chi connectivity index (χ0v) is 21.0. The van der Waals surface area contributed by atoms with Crippen molar-refractivity contribution in [3.63, 3.8) is 0 Å². The first kappa shape index (κ1) is 30.8. The monoisotopic (exact) mass is 544 g/mol. The largest absolute Gasteiger partial charge is 0.492 e. The molecule has 2 N–H and O–H groups in total. The maximum Gasteiger partial charge on any atom is 0.389 e. The number of rotatable bonds is 16. The molecule has 38 heavy (non-hydrogen) atoms. The molecule has 0 bridgehead atoms. The fourth-order valence-electron chi connectivity index (χ4n) is 3.35. The van der Waals surface area contributed by atoms with Gasteiger partial charge in [-0.2, -0.15) is 13.2 Å². The van der Waals surface area contributed by atoms with Crippen molar-refractivity contribution in [2.45, 2.75) is 38.5 Å². The summed E-state index contributed by atoms with van der Waals surface area (Å²) in [5.41, 5.74) is 0.726. The van der Waals surface area contributed by atoms with Crippen LogP contribution in [0.25, 0.3) is 0 Å². The lowest BCUT2D eigenvalue weighted by molar-refractivity contribution is -0.150. The van der Waals surface area contributed by atoms with Crippen molar-refractivity contribution in [1.82, 2.24) is 4.90 Å². The minimum Gasteiger partial charge on any atom is -0.492 e. The van der Waals surface area contributed by atoms with Gasteiger partial charge in [0.15, 0.2) is 6.10 Å². The molecule has 2 amide bonds. The van der Waals surface area contributed by atoms with Crippen molar-refractivity contribution in [3.05, 3.63) is 59.9 Å². The molecule has 0 aliphatic carbocycles. The molecule has 2 rings (SSSR count). The van der Waals surface area contributed by atoms with Gasteiger partial charge in [0.25, 0.3) is 0 Å². The van der Waals surface area contributed by atoms with Gasteiger partial charge in [-0.1, -0.05) is 24.3 Å². The van der Waals surface area contributed by atoms with E-state index in [4.69, 9.17) is 14.2 Å². The number of carbonyl (C=O) groups excluding carboxylic acids is 1. The molecule has 210 valence electrons. The third kappa shape index (κ3) is 11.8. The highest BCUT2D eigenvalue weighted by atomic mass is 19.4. The molecule has 1 unspecified atom stereocenters. The van der Waals surface area contributed by atoms with E-state index in [-0.39, 0.29) is 58.0 Å². The van der Waals surface area contributed by atoms with Gasteiger partial charge in [0.05, 0.1) is 18.8 Å². The Kier molecular flexibility index (Phi) is 12.8. The minimum atomic E-state index is -4.26. The lowest BCUT2D eigenvalue weighted by Crippen LogP contribution is -2.40. The molecule has 2 aromatic rings. The summed E-state index contributed by atoms with van der Waals surface area (Å²) in [6.45, 7) is 2.06. The molecule has 0 aliphatic heterocycles. The Balaban J connectivity index is 1.90. The number of hydrogen-bond donors (Lipinski definition) is 2. The highest BCUT2D eigenvalue weighted by Gasteiger charge is 2.26. The summed E-state index contributed by atoms with van der Waals surface area (Å²) in [6.07, 6.45) is -6.17. The molecule has 2 aromatic carbocycles. The van der Waals surface area contributed by atoms with Crippen LogP contribution in [0.3, 0.4) is 0 Å². The van der Waals surface area contributed by atoms with E-state index in [0.717, 1.165) is 5.56 Å². The van der Waals surface area contributed by atoms with Crippen molar-refractivity contribution >= 4 is 17.7 Å². The number of halogens is 4. The summed E-state index contributed by atoms with van der Waals surface area (Å²) in [5, 5.41) is 11.7. The van der Waals surface area contributed by atoms with E-state index in [9.17, 15) is 32.3 Å². The average molecular weight is 545 g/mol. The van der Waals surface area contributed by atoms with Crippen LogP contribution in [0.1, 0.15) is 25.3 Å². The van der Waals surface area contributed by atoms with E-state index < -0.39 is 36.5 Å². The number of carboxylic acid groups (broad SMARTS) is 1. The van der Waals surface area contributed by atoms with Crippen molar-refractivity contribution in [1.29, 1.82) is 0 Å². The van der Waals surface area contributed by atoms with Crippen LogP contribution >= 0.6 is 0 Å². The van der Waals surface area contributed by atoms with Crippen LogP contribution in [-0.2, 0) is 20.7 Å². The number of nitrogens with one attached hydrogen (secondary N) is 1. The number of alkyl halides is 3. The van der Waals surface area contributed by atoms with Gasteiger partial charge in [0.1, 0.15) is 18.2 Å². The van der Waals surface area contributed by atoms with E-state index in [1.807, 2.05) is 0 Å². The first-order chi connectivity index (χ1) is 18.1. The lowest BCUT2D eigenvalue weighted by atomic mass is 10.1. The summed E-state index contributed by atoms with van der Waals surface area (Å²) in [7, 11) is 0. The van der Waals surface area contributed by atoms with Gasteiger partial charge < -0.3 is 29.5 Å². The zero-order valence-electron chi connectivity index (χ0n) is 21.0. The molecular formula is C26H32F4N2O6. The molecule has 8 nitrogen and oxygen atoms in total. The second kappa shape index (κ2) is 15.8. The van der Waals surface area contributed by atoms with Crippen LogP contribution in [-0.4, -0.2) is 73.8 Å². The van der Waals surface area contributed by atoms with Crippen molar-refractivity contribution < 1.29 is 46.5 Å². The summed E-state index contributed by atoms with van der Waals surface area (Å²) < 4.78 is 66.9. The molecule has 0 saturated heterocycles. The second-order valence-corrected chi connectivity index (χ2v) is 8.21. The Morgan fingerprint density at radius 3 is 2.34 bits per heavy atom. The SMILES string of the molecule is CCOC(Cc1ccc(OCCN(CCOCCCC(F)(F)F)C(=O)Nc2ccccc2F)cc1)C(=O)O. The smallest absolute Gasteiger partial charge is 0.389 e. The third-order valence-electron chi connectivity index (χ3n) is 5.27. The van der Waals surface area contributed by atoms with E-state index >= 15 is 0 Å². The van der Waals surface area contributed by atoms with Crippen LogP contribution in [0.4, 0.5) is 28.0 Å². The Labute approximate surface area is 218 Å². The predicted octanol–water partition coefficient (Wildman–Crippen LogP) is 5.13. The molecule has 1 atom stereocenters. The fourth-order valence-corrected chi connectivity index (χ4v) is 3.35. The number of urea groups is 1. The van der Waals surface area contributed by atoms with E-state index in [1.165, 1.54) is 23.1 Å². The van der Waals surface area contributed by atoms with E-state index in [2.05, 4.69) is 5.32 Å². The maximum absolute atomic E-state index is 14.0. The number of nitrogens with zero attached hydrogens (tertiary/aromatic N) is 1. The average Bonchev–Trinajstić information content (AvgIpc) is 2.86. The Morgan fingerprint density at radius 1 is 1.03 bits per heavy atom. The van der Waals surface area contributed by atoms with Crippen LogP contribution in [0.15, 0.2) is 48.5 Å². The molecule has 0 heterocycles. The van der Waals surface area contributed by atoms with Gasteiger partial charge in [-0.05, 0) is 43.2 Å². The summed E-state index contributed by atoms with van der Waals surface area (Å²) >= 11 is 0. The van der Waals surface area contributed by atoms with Crippen LogP contribution in [0, 0.1) is 5.82 Å². The topological polar surface area (TPSA) is 97.3 Å². The maximum atomic E-state index is 14.0. The Bertz CT molecular complexity index is 1000. The van der Waals surface area contributed by atoms with Gasteiger partial charge in [-0.15, -0.1) is 0 Å². The quantitative estimate of drug-likeness (QED) is 0.225. The molecule has 0 aliphatic rings. The number of aliphatic carboxylic acids is 1. The first-order valence-electron chi connectivity index (χ1n) is 12.1. The van der Waals surface area contributed by atoms with E-state index in [0.29, 0.717) is 5.75 Å². The fraction of sp³-hybridized carbons (Fsp3) is 0.462. The third-order valence-corrected chi connectivity index (χ3v) is 5.27. The van der Waals surface area contributed by atoms with Gasteiger partial charge >= 0.3 is 18.2 Å². The highest BCUT2D eigenvalue weighted by Crippen LogP contribution is 2.21. The van der Waals surface area contributed by atoms with Crippen molar-refractivity contribution in [2.75, 3.05) is 44.8 Å². The number of anilines is 1. The molecule has 0 spiro atoms. The summed E-state index contributed by atoms with van der Waals surface area (Å²) in [5.74, 6) is -1.19. The summed E-state index contributed by atoms with van der Waals surface area (Å²) in [4.78, 5) is 25.3. The Morgan fingerprint density at radius 2 is 1.71 bits per heavy atom. The minimum absolute atomic E-state index is 0.0121. The van der Waals surface area contributed by atoms with Crippen LogP contribution in [0.5, 0.6) is 5.75 Å². The molecule has 12 heteroatoms. The van der Waals surface area contributed by atoms with Gasteiger partial charge in [-0.25, -0.2) is 14.0 Å². The number of amides is 2. The molecule has 0 fully saturated rings. The summed E-state index contributed by atoms with van der Waals surface area (Å²) in [6, 6.07) is 11.8. The number of hydrogen-bond acceptors (Lipinski definition) is 5. The van der Waals surface area contributed by atoms with Crippen LogP contribution < -0.4 is 10.1 Å². The van der Waals surface area contributed by atoms with Gasteiger partial charge in [0, 0.05) is 32.6 Å². The van der Waals surface area contributed by atoms with Crippen LogP contribution in [0.2, 0.25) is 0 Å². The lowest BCUT2D eigenvalue weighted by Gasteiger charge is -2.23. The standard InChI is InChI=1S/C26H32F4N2O6/c1-2-37-23(24(33)34)18-19-8-10-20(11-9-19)38-17-14-32(13-16-36-15-5-12-26(28,29)30)25(35)31-22-7-4-3-6-21(22)27/h3-4,6-11,23H,2,5,12-18H2,1H3,(H,31,35)(H,33,34). The second-order valence-electron chi connectivity index (χ2n) is 8.21. The predicted molar refractivity (Wildman–Crippen MR) is 132 cm³/mol. The van der Waals surface area contributed by atoms with Crippen molar-refractivity contribution in [3.8, 4) is 5.75 Å². The molecule has 0 aromatic heterocycles. The first-order valence-corrected chi connectivity index (χ1v) is 12.1. The van der Waals surface area contributed by atoms with Gasteiger partial charge in [-0.3, -0.25) is 0 Å². The normalized spacial score (nSPS) is 12.1. The van der Waals surface area contributed by atoms with Gasteiger partial charge in [0.2, 0.25) is 0 Å². The number of ether oxygens (including phenoxy) is 3. The molecule has 0 radical (unpaired) electrons. The number of benzene rings is 2. The molecular weight excluding hydrogens is 512 g/mol. The number of carboxylic acids is 1. The number of para-hydroxylation sites is 1. The highest BCUT2D eigenvalue weighted by molar-refractivity contribution is 5.89. The molecule has 0 saturated carbocycles. The zero-order chi connectivity index (χ0) is 28.0. The number of carbonyl (C=O) groups is 2. The van der Waals surface area contributed by atoms with Crippen molar-refractivity contribution in [2.24, 2.45) is 0 Å². The van der Waals surface area contributed by atoms with E-state index in [1.54, 1.807) is 37.3 Å².